The second-order valence-electron chi connectivity index (χ2n) is 3.84. The van der Waals surface area contributed by atoms with Crippen molar-refractivity contribution in [2.45, 2.75) is 19.8 Å². The quantitative estimate of drug-likeness (QED) is 0.652. The average molecular weight is 197 g/mol. The van der Waals surface area contributed by atoms with Crippen molar-refractivity contribution >= 4 is 10.9 Å². The van der Waals surface area contributed by atoms with Crippen molar-refractivity contribution in [2.24, 2.45) is 7.05 Å². The highest BCUT2D eigenvalue weighted by Gasteiger charge is 2.09. The normalized spacial score (nSPS) is 10.5. The molecule has 2 aromatic rings. The van der Waals surface area contributed by atoms with Crippen LogP contribution in [0.5, 0.6) is 0 Å². The first-order valence-electron chi connectivity index (χ1n) is 5.22. The molecule has 1 heteroatoms. The molecular formula is C14H15N. The van der Waals surface area contributed by atoms with Gasteiger partial charge in [0.05, 0.1) is 0 Å². The summed E-state index contributed by atoms with van der Waals surface area (Å²) in [6, 6.07) is 8.49. The molecular weight excluding hydrogens is 182 g/mol. The second-order valence-corrected chi connectivity index (χ2v) is 3.84. The lowest BCUT2D eigenvalue weighted by molar-refractivity contribution is 0.890. The molecule has 0 spiro atoms. The van der Waals surface area contributed by atoms with Crippen LogP contribution in [0.4, 0.5) is 0 Å². The van der Waals surface area contributed by atoms with Crippen LogP contribution in [0.2, 0.25) is 0 Å². The summed E-state index contributed by atoms with van der Waals surface area (Å²) in [5.74, 6) is 2.71. The Morgan fingerprint density at radius 1 is 1.33 bits per heavy atom. The van der Waals surface area contributed by atoms with E-state index in [0.717, 1.165) is 12.8 Å². The summed E-state index contributed by atoms with van der Waals surface area (Å²) in [7, 11) is 2.11. The minimum Gasteiger partial charge on any atom is -0.348 e. The summed E-state index contributed by atoms with van der Waals surface area (Å²) in [6.07, 6.45) is 7.11. The molecule has 0 unspecified atom stereocenters. The van der Waals surface area contributed by atoms with Crippen molar-refractivity contribution in [2.75, 3.05) is 0 Å². The number of hydrogen-bond donors (Lipinski definition) is 0. The minimum atomic E-state index is 0.814. The number of rotatable bonds is 2. The van der Waals surface area contributed by atoms with Gasteiger partial charge >= 0.3 is 0 Å². The van der Waals surface area contributed by atoms with E-state index in [0.29, 0.717) is 0 Å². The molecule has 0 N–H and O–H groups in total. The topological polar surface area (TPSA) is 4.93 Å². The lowest BCUT2D eigenvalue weighted by Gasteiger charge is -1.99. The number of nitrogens with zero attached hydrogens (tertiary/aromatic N) is 1. The van der Waals surface area contributed by atoms with Crippen LogP contribution in [0.3, 0.4) is 0 Å². The smallest absolute Gasteiger partial charge is 0.0482 e. The van der Waals surface area contributed by atoms with Crippen LogP contribution < -0.4 is 0 Å². The number of para-hydroxylation sites is 1. The van der Waals surface area contributed by atoms with Crippen LogP contribution in [0, 0.1) is 19.3 Å². The third kappa shape index (κ3) is 1.53. The molecule has 0 amide bonds. The largest absolute Gasteiger partial charge is 0.348 e. The number of fused-ring (bicyclic) bond motifs is 1. The van der Waals surface area contributed by atoms with Gasteiger partial charge in [0, 0.05) is 30.1 Å². The highest BCUT2D eigenvalue weighted by molar-refractivity contribution is 5.85. The molecule has 0 atom stereocenters. The molecule has 1 aromatic heterocycles. The second kappa shape index (κ2) is 3.82. The molecule has 0 bridgehead atoms. The van der Waals surface area contributed by atoms with Crippen molar-refractivity contribution < 1.29 is 0 Å². The van der Waals surface area contributed by atoms with Crippen LogP contribution in [0.15, 0.2) is 24.3 Å². The maximum Gasteiger partial charge on any atom is 0.0482 e. The molecule has 1 nitrogen and oxygen atoms in total. The van der Waals surface area contributed by atoms with E-state index in [1.807, 2.05) is 0 Å². The zero-order valence-electron chi connectivity index (χ0n) is 9.25. The van der Waals surface area contributed by atoms with Crippen LogP contribution in [0.25, 0.3) is 10.9 Å². The van der Waals surface area contributed by atoms with E-state index in [2.05, 4.69) is 48.7 Å². The van der Waals surface area contributed by atoms with Gasteiger partial charge in [0.15, 0.2) is 0 Å². The van der Waals surface area contributed by atoms with Gasteiger partial charge in [0.1, 0.15) is 0 Å². The highest BCUT2D eigenvalue weighted by Crippen LogP contribution is 2.25. The fourth-order valence-electron chi connectivity index (χ4n) is 2.11. The van der Waals surface area contributed by atoms with E-state index < -0.39 is 0 Å². The Labute approximate surface area is 90.7 Å². The van der Waals surface area contributed by atoms with Gasteiger partial charge in [-0.05, 0) is 25.0 Å². The highest BCUT2D eigenvalue weighted by atomic mass is 14.9. The number of benzene rings is 1. The summed E-state index contributed by atoms with van der Waals surface area (Å²) in [6.45, 7) is 2.16. The minimum absolute atomic E-state index is 0.814. The molecule has 0 radical (unpaired) electrons. The average Bonchev–Trinajstić information content (AvgIpc) is 2.51. The van der Waals surface area contributed by atoms with E-state index in [1.165, 1.54) is 22.2 Å². The Morgan fingerprint density at radius 3 is 2.80 bits per heavy atom. The van der Waals surface area contributed by atoms with E-state index in [4.69, 9.17) is 6.42 Å². The van der Waals surface area contributed by atoms with Crippen molar-refractivity contribution in [3.8, 4) is 12.3 Å². The Hall–Kier alpha value is -1.68. The van der Waals surface area contributed by atoms with Gasteiger partial charge in [0.2, 0.25) is 0 Å². The van der Waals surface area contributed by atoms with E-state index in [9.17, 15) is 0 Å². The standard InChI is InChI=1S/C14H15N/c1-4-5-8-12-11(2)15(3)14-10-7-6-9-13(12)14/h1,6-7,9-10H,5,8H2,2-3H3. The maximum atomic E-state index is 5.32. The first-order chi connectivity index (χ1) is 7.25. The monoisotopic (exact) mass is 197 g/mol. The van der Waals surface area contributed by atoms with E-state index >= 15 is 0 Å². The van der Waals surface area contributed by atoms with Crippen LogP contribution in [-0.4, -0.2) is 4.57 Å². The molecule has 2 rings (SSSR count). The van der Waals surface area contributed by atoms with Crippen LogP contribution in [0.1, 0.15) is 17.7 Å². The molecule has 0 saturated carbocycles. The first-order valence-corrected chi connectivity index (χ1v) is 5.22. The molecule has 1 heterocycles. The molecule has 0 aliphatic heterocycles. The summed E-state index contributed by atoms with van der Waals surface area (Å²) >= 11 is 0. The molecule has 76 valence electrons. The van der Waals surface area contributed by atoms with Gasteiger partial charge in [-0.3, -0.25) is 0 Å². The predicted octanol–water partition coefficient (Wildman–Crippen LogP) is 3.05. The Morgan fingerprint density at radius 2 is 2.07 bits per heavy atom. The van der Waals surface area contributed by atoms with Gasteiger partial charge in [-0.25, -0.2) is 0 Å². The number of aryl methyl sites for hydroxylation is 2. The molecule has 15 heavy (non-hydrogen) atoms. The Kier molecular flexibility index (Phi) is 2.51. The van der Waals surface area contributed by atoms with Gasteiger partial charge in [0.25, 0.3) is 0 Å². The van der Waals surface area contributed by atoms with Crippen molar-refractivity contribution in [1.29, 1.82) is 0 Å². The third-order valence-corrected chi connectivity index (χ3v) is 3.05. The van der Waals surface area contributed by atoms with Gasteiger partial charge in [-0.1, -0.05) is 18.2 Å². The molecule has 0 aliphatic carbocycles. The lowest BCUT2D eigenvalue weighted by Crippen LogP contribution is -1.92. The van der Waals surface area contributed by atoms with Gasteiger partial charge < -0.3 is 4.57 Å². The predicted molar refractivity (Wildman–Crippen MR) is 64.8 cm³/mol. The Bertz CT molecular complexity index is 526. The number of terminal acetylenes is 1. The Balaban J connectivity index is 2.62. The fourth-order valence-corrected chi connectivity index (χ4v) is 2.11. The molecule has 0 aliphatic rings. The summed E-state index contributed by atoms with van der Waals surface area (Å²) in [5.41, 5.74) is 4.01. The van der Waals surface area contributed by atoms with Crippen LogP contribution in [-0.2, 0) is 13.5 Å². The van der Waals surface area contributed by atoms with Gasteiger partial charge in [-0.2, -0.15) is 0 Å². The molecule has 0 saturated heterocycles. The summed E-state index contributed by atoms with van der Waals surface area (Å²) in [4.78, 5) is 0. The first kappa shape index (κ1) is 9.86. The third-order valence-electron chi connectivity index (χ3n) is 3.05. The number of aromatic nitrogens is 1. The summed E-state index contributed by atoms with van der Waals surface area (Å²) in [5, 5.41) is 1.34. The molecule has 0 fully saturated rings. The van der Waals surface area contributed by atoms with E-state index in [-0.39, 0.29) is 0 Å². The van der Waals surface area contributed by atoms with Crippen molar-refractivity contribution in [3.63, 3.8) is 0 Å². The van der Waals surface area contributed by atoms with Crippen molar-refractivity contribution in [1.82, 2.24) is 4.57 Å². The van der Waals surface area contributed by atoms with Crippen LogP contribution >= 0.6 is 0 Å². The van der Waals surface area contributed by atoms with Crippen molar-refractivity contribution in [3.05, 3.63) is 35.5 Å². The zero-order valence-corrected chi connectivity index (χ0v) is 9.25. The van der Waals surface area contributed by atoms with Gasteiger partial charge in [-0.15, -0.1) is 12.3 Å². The van der Waals surface area contributed by atoms with E-state index in [1.54, 1.807) is 0 Å². The fraction of sp³-hybridized carbons (Fsp3) is 0.286. The lowest BCUT2D eigenvalue weighted by atomic mass is 10.1. The molecule has 1 aromatic carbocycles. The number of hydrogen-bond acceptors (Lipinski definition) is 0. The summed E-state index contributed by atoms with van der Waals surface area (Å²) < 4.78 is 2.24. The SMILES string of the molecule is C#CCCc1c(C)n(C)c2ccccc12. The zero-order chi connectivity index (χ0) is 10.8. The maximum absolute atomic E-state index is 5.32.